The van der Waals surface area contributed by atoms with E-state index in [2.05, 4.69) is 4.98 Å². The Morgan fingerprint density at radius 1 is 1.73 bits per heavy atom. The Kier molecular flexibility index (Phi) is 2.56. The molecule has 1 rings (SSSR count). The molecule has 1 unspecified atom stereocenters. The van der Waals surface area contributed by atoms with Crippen LogP contribution in [0.3, 0.4) is 0 Å². The van der Waals surface area contributed by atoms with Gasteiger partial charge in [0.2, 0.25) is 0 Å². The van der Waals surface area contributed by atoms with Crippen LogP contribution < -0.4 is 5.73 Å². The Morgan fingerprint density at radius 2 is 2.45 bits per heavy atom. The van der Waals surface area contributed by atoms with E-state index in [9.17, 15) is 4.21 Å². The van der Waals surface area contributed by atoms with Crippen LogP contribution >= 0.6 is 0 Å². The number of nitrogens with two attached hydrogens (primary N) is 1. The lowest BCUT2D eigenvalue weighted by atomic mass is 10.3. The first-order valence-electron chi connectivity index (χ1n) is 2.97. The Bertz CT molecular complexity index is 277. The molecule has 4 nitrogen and oxygen atoms in total. The summed E-state index contributed by atoms with van der Waals surface area (Å²) >= 11 is -1.85. The van der Waals surface area contributed by atoms with Crippen molar-refractivity contribution in [2.24, 2.45) is 0 Å². The maximum absolute atomic E-state index is 10.3. The maximum Gasteiger partial charge on any atom is 0.157 e. The lowest BCUT2D eigenvalue weighted by Gasteiger charge is -1.99. The SMILES string of the molecule is Nc1ncccc1CS(=O)O. The van der Waals surface area contributed by atoms with Crippen LogP contribution in [0.4, 0.5) is 5.82 Å². The molecule has 0 fully saturated rings. The summed E-state index contributed by atoms with van der Waals surface area (Å²) in [6, 6.07) is 3.36. The number of hydrogen-bond acceptors (Lipinski definition) is 3. The zero-order chi connectivity index (χ0) is 8.27. The molecule has 3 N–H and O–H groups in total. The van der Waals surface area contributed by atoms with Crippen molar-refractivity contribution in [3.63, 3.8) is 0 Å². The molecular formula is C6H8N2O2S. The highest BCUT2D eigenvalue weighted by molar-refractivity contribution is 7.78. The van der Waals surface area contributed by atoms with E-state index in [0.717, 1.165) is 0 Å². The van der Waals surface area contributed by atoms with Gasteiger partial charge in [-0.15, -0.1) is 0 Å². The Morgan fingerprint density at radius 3 is 3.00 bits per heavy atom. The van der Waals surface area contributed by atoms with Gasteiger partial charge in [-0.1, -0.05) is 6.07 Å². The average molecular weight is 172 g/mol. The molecule has 60 valence electrons. The summed E-state index contributed by atoms with van der Waals surface area (Å²) in [5.41, 5.74) is 6.02. The molecule has 1 heterocycles. The molecule has 0 saturated heterocycles. The number of nitrogens with zero attached hydrogens (tertiary/aromatic N) is 1. The van der Waals surface area contributed by atoms with E-state index < -0.39 is 11.1 Å². The number of nitrogen functional groups attached to an aromatic ring is 1. The Labute approximate surface area is 66.7 Å². The van der Waals surface area contributed by atoms with Crippen molar-refractivity contribution in [1.29, 1.82) is 0 Å². The lowest BCUT2D eigenvalue weighted by molar-refractivity contribution is 0.563. The summed E-state index contributed by atoms with van der Waals surface area (Å²) in [7, 11) is 0. The molecule has 0 saturated carbocycles. The second-order valence-electron chi connectivity index (χ2n) is 2.01. The topological polar surface area (TPSA) is 76.2 Å². The second-order valence-corrected chi connectivity index (χ2v) is 2.95. The third kappa shape index (κ3) is 2.28. The van der Waals surface area contributed by atoms with Crippen molar-refractivity contribution in [3.8, 4) is 0 Å². The van der Waals surface area contributed by atoms with Crippen molar-refractivity contribution >= 4 is 16.9 Å². The van der Waals surface area contributed by atoms with Crippen LogP contribution in [0.1, 0.15) is 5.56 Å². The number of hydrogen-bond donors (Lipinski definition) is 2. The van der Waals surface area contributed by atoms with Crippen molar-refractivity contribution in [2.45, 2.75) is 5.75 Å². The van der Waals surface area contributed by atoms with Gasteiger partial charge >= 0.3 is 0 Å². The summed E-state index contributed by atoms with van der Waals surface area (Å²) in [4.78, 5) is 3.76. The van der Waals surface area contributed by atoms with Gasteiger partial charge in [-0.25, -0.2) is 9.19 Å². The highest BCUT2D eigenvalue weighted by Crippen LogP contribution is 2.08. The third-order valence-electron chi connectivity index (χ3n) is 1.21. The van der Waals surface area contributed by atoms with Crippen molar-refractivity contribution < 1.29 is 8.76 Å². The fraction of sp³-hybridized carbons (Fsp3) is 0.167. The summed E-state index contributed by atoms with van der Waals surface area (Å²) in [6.07, 6.45) is 1.54. The fourth-order valence-corrected chi connectivity index (χ4v) is 1.22. The van der Waals surface area contributed by atoms with E-state index in [-0.39, 0.29) is 5.75 Å². The smallest absolute Gasteiger partial charge is 0.157 e. The molecule has 1 aromatic rings. The first-order valence-corrected chi connectivity index (χ1v) is 4.24. The van der Waals surface area contributed by atoms with Crippen LogP contribution in [-0.4, -0.2) is 13.7 Å². The van der Waals surface area contributed by atoms with Crippen LogP contribution in [0.25, 0.3) is 0 Å². The number of anilines is 1. The summed E-state index contributed by atoms with van der Waals surface area (Å²) in [5.74, 6) is 0.356. The van der Waals surface area contributed by atoms with Gasteiger partial charge in [0.05, 0.1) is 5.75 Å². The number of pyridine rings is 1. The van der Waals surface area contributed by atoms with Gasteiger partial charge in [0.15, 0.2) is 11.1 Å². The molecule has 0 aromatic carbocycles. The van der Waals surface area contributed by atoms with Crippen LogP contribution in [-0.2, 0) is 16.8 Å². The fourth-order valence-electron chi connectivity index (χ4n) is 0.706. The monoisotopic (exact) mass is 172 g/mol. The molecule has 0 bridgehead atoms. The van der Waals surface area contributed by atoms with E-state index in [1.165, 1.54) is 0 Å². The molecule has 0 amide bonds. The molecule has 0 aliphatic heterocycles. The summed E-state index contributed by atoms with van der Waals surface area (Å²) in [5, 5.41) is 0. The first kappa shape index (κ1) is 8.16. The number of rotatable bonds is 2. The molecule has 0 spiro atoms. The van der Waals surface area contributed by atoms with Crippen LogP contribution in [0.5, 0.6) is 0 Å². The molecule has 0 aliphatic rings. The van der Waals surface area contributed by atoms with Crippen molar-refractivity contribution in [1.82, 2.24) is 4.98 Å². The molecule has 5 heteroatoms. The highest BCUT2D eigenvalue weighted by Gasteiger charge is 2.01. The van der Waals surface area contributed by atoms with Crippen LogP contribution in [0.2, 0.25) is 0 Å². The van der Waals surface area contributed by atoms with E-state index in [1.54, 1.807) is 18.3 Å². The van der Waals surface area contributed by atoms with Gasteiger partial charge in [0.25, 0.3) is 0 Å². The summed E-state index contributed by atoms with van der Waals surface area (Å²) in [6.45, 7) is 0. The Balaban J connectivity index is 2.86. The van der Waals surface area contributed by atoms with Gasteiger partial charge in [-0.3, -0.25) is 0 Å². The van der Waals surface area contributed by atoms with Gasteiger partial charge in [-0.05, 0) is 6.07 Å². The normalized spacial score (nSPS) is 12.8. The van der Waals surface area contributed by atoms with E-state index in [4.69, 9.17) is 10.3 Å². The predicted molar refractivity (Wildman–Crippen MR) is 43.1 cm³/mol. The predicted octanol–water partition coefficient (Wildman–Crippen LogP) is 0.386. The largest absolute Gasteiger partial charge is 0.383 e. The van der Waals surface area contributed by atoms with E-state index in [0.29, 0.717) is 11.4 Å². The quantitative estimate of drug-likeness (QED) is 0.632. The van der Waals surface area contributed by atoms with Crippen LogP contribution in [0.15, 0.2) is 18.3 Å². The van der Waals surface area contributed by atoms with E-state index >= 15 is 0 Å². The minimum absolute atomic E-state index is 0.0413. The van der Waals surface area contributed by atoms with Gasteiger partial charge in [-0.2, -0.15) is 0 Å². The average Bonchev–Trinajstić information content (AvgIpc) is 1.93. The van der Waals surface area contributed by atoms with Gasteiger partial charge in [0.1, 0.15) is 5.82 Å². The molecule has 0 aliphatic carbocycles. The standard InChI is InChI=1S/C6H8N2O2S/c7-6-5(4-11(9)10)2-1-3-8-6/h1-3H,4H2,(H2,7,8)(H,9,10). The van der Waals surface area contributed by atoms with Gasteiger partial charge < -0.3 is 10.3 Å². The molecule has 1 aromatic heterocycles. The van der Waals surface area contributed by atoms with Crippen molar-refractivity contribution in [2.75, 3.05) is 5.73 Å². The second kappa shape index (κ2) is 3.45. The van der Waals surface area contributed by atoms with E-state index in [1.807, 2.05) is 0 Å². The number of aromatic nitrogens is 1. The minimum Gasteiger partial charge on any atom is -0.383 e. The zero-order valence-electron chi connectivity index (χ0n) is 5.73. The first-order chi connectivity index (χ1) is 5.20. The van der Waals surface area contributed by atoms with Crippen LogP contribution in [0, 0.1) is 0 Å². The Hall–Kier alpha value is -0.940. The molecule has 1 atom stereocenters. The van der Waals surface area contributed by atoms with Crippen molar-refractivity contribution in [3.05, 3.63) is 23.9 Å². The molecule has 11 heavy (non-hydrogen) atoms. The van der Waals surface area contributed by atoms with Gasteiger partial charge in [0, 0.05) is 11.8 Å². The highest BCUT2D eigenvalue weighted by atomic mass is 32.2. The third-order valence-corrected chi connectivity index (χ3v) is 1.76. The minimum atomic E-state index is -1.85. The maximum atomic E-state index is 10.3. The summed E-state index contributed by atoms with van der Waals surface area (Å²) < 4.78 is 18.9. The zero-order valence-corrected chi connectivity index (χ0v) is 6.54. The lowest BCUT2D eigenvalue weighted by Crippen LogP contribution is -2.00. The molecular weight excluding hydrogens is 164 g/mol. The molecule has 0 radical (unpaired) electrons.